The van der Waals surface area contributed by atoms with Gasteiger partial charge in [-0.05, 0) is 42.8 Å². The molecule has 1 unspecified atom stereocenters. The van der Waals surface area contributed by atoms with E-state index in [1.54, 1.807) is 6.07 Å². The van der Waals surface area contributed by atoms with Gasteiger partial charge in [-0.1, -0.05) is 61.7 Å². The normalized spacial score (nSPS) is 15.1. The second-order valence-corrected chi connectivity index (χ2v) is 8.09. The molecule has 0 heterocycles. The van der Waals surface area contributed by atoms with Crippen molar-refractivity contribution in [3.63, 3.8) is 0 Å². The molecule has 2 amide bonds. The zero-order chi connectivity index (χ0) is 21.3. The Balaban J connectivity index is 1.70. The molecular weight excluding hydrogens is 396 g/mol. The average Bonchev–Trinajstić information content (AvgIpc) is 2.75. The van der Waals surface area contributed by atoms with Gasteiger partial charge in [-0.15, -0.1) is 0 Å². The van der Waals surface area contributed by atoms with Gasteiger partial charge in [-0.3, -0.25) is 9.59 Å². The maximum atomic E-state index is 12.7. The van der Waals surface area contributed by atoms with Crippen LogP contribution in [-0.4, -0.2) is 22.9 Å². The Morgan fingerprint density at radius 3 is 2.40 bits per heavy atom. The number of carbonyl (C=O) groups is 2. The quantitative estimate of drug-likeness (QED) is 0.635. The predicted molar refractivity (Wildman–Crippen MR) is 123 cm³/mol. The molecule has 1 atom stereocenters. The van der Waals surface area contributed by atoms with Crippen LogP contribution in [0.4, 0.5) is 5.69 Å². The van der Waals surface area contributed by atoms with Crippen molar-refractivity contribution in [3.05, 3.63) is 60.2 Å². The van der Waals surface area contributed by atoms with Crippen molar-refractivity contribution in [3.8, 4) is 5.75 Å². The molecule has 0 aromatic heterocycles. The van der Waals surface area contributed by atoms with Crippen molar-refractivity contribution in [2.45, 2.75) is 51.5 Å². The van der Waals surface area contributed by atoms with E-state index in [1.165, 1.54) is 13.3 Å². The summed E-state index contributed by atoms with van der Waals surface area (Å²) in [6.45, 7) is 1.46. The zero-order valence-electron chi connectivity index (χ0n) is 17.2. The van der Waals surface area contributed by atoms with E-state index in [0.717, 1.165) is 31.2 Å². The van der Waals surface area contributed by atoms with Crippen molar-refractivity contribution in [1.82, 2.24) is 5.32 Å². The van der Waals surface area contributed by atoms with Gasteiger partial charge in [0.15, 0.2) is 10.8 Å². The number of para-hydroxylation sites is 2. The Bertz CT molecular complexity index is 879. The number of nitrogens with one attached hydrogen (secondary N) is 2. The molecule has 0 spiro atoms. The minimum atomic E-state index is -0.456. The third-order valence-electron chi connectivity index (χ3n) is 5.28. The number of hydrogen-bond acceptors (Lipinski definition) is 4. The highest BCUT2D eigenvalue weighted by molar-refractivity contribution is 7.80. The van der Waals surface area contributed by atoms with Gasteiger partial charge in [-0.2, -0.15) is 0 Å². The van der Waals surface area contributed by atoms with Gasteiger partial charge in [0.2, 0.25) is 11.8 Å². The Kier molecular flexibility index (Phi) is 7.97. The second-order valence-electron chi connectivity index (χ2n) is 7.68. The summed E-state index contributed by atoms with van der Waals surface area (Å²) in [6, 6.07) is 16.6. The average molecular weight is 425 g/mol. The minimum absolute atomic E-state index is 0.0272. The molecule has 2 N–H and O–H groups in total. The van der Waals surface area contributed by atoms with Crippen LogP contribution in [0.1, 0.15) is 44.6 Å². The number of thiocarbonyl (C=S) groups is 1. The van der Waals surface area contributed by atoms with Gasteiger partial charge in [0.05, 0.1) is 5.69 Å². The first kappa shape index (κ1) is 22.0. The SMILES string of the molecule is CC(=O)NC(Cc1ccccc1)C(=S)Oc1ccccc1NC(=O)C1CCCCC1. The summed E-state index contributed by atoms with van der Waals surface area (Å²) in [5, 5.41) is 6.13. The highest BCUT2D eigenvalue weighted by atomic mass is 32.1. The van der Waals surface area contributed by atoms with E-state index in [1.807, 2.05) is 48.5 Å². The zero-order valence-corrected chi connectivity index (χ0v) is 18.0. The Hall–Kier alpha value is -2.73. The van der Waals surface area contributed by atoms with Crippen LogP contribution in [0.25, 0.3) is 0 Å². The van der Waals surface area contributed by atoms with Gasteiger partial charge >= 0.3 is 0 Å². The summed E-state index contributed by atoms with van der Waals surface area (Å²) in [7, 11) is 0. The molecule has 2 aromatic carbocycles. The van der Waals surface area contributed by atoms with Gasteiger partial charge in [0, 0.05) is 19.3 Å². The van der Waals surface area contributed by atoms with E-state index in [9.17, 15) is 9.59 Å². The molecule has 1 aliphatic rings. The lowest BCUT2D eigenvalue weighted by Gasteiger charge is -2.23. The molecule has 30 heavy (non-hydrogen) atoms. The van der Waals surface area contributed by atoms with E-state index < -0.39 is 6.04 Å². The molecule has 0 saturated heterocycles. The Labute approximate surface area is 183 Å². The summed E-state index contributed by atoms with van der Waals surface area (Å²) < 4.78 is 5.97. The minimum Gasteiger partial charge on any atom is -0.446 e. The third-order valence-corrected chi connectivity index (χ3v) is 5.64. The number of benzene rings is 2. The van der Waals surface area contributed by atoms with Gasteiger partial charge in [0.25, 0.3) is 0 Å². The number of carbonyl (C=O) groups excluding carboxylic acids is 2. The number of amides is 2. The molecule has 1 aliphatic carbocycles. The lowest BCUT2D eigenvalue weighted by atomic mass is 9.88. The fraction of sp³-hybridized carbons (Fsp3) is 0.375. The topological polar surface area (TPSA) is 67.4 Å². The molecule has 2 aromatic rings. The fourth-order valence-corrected chi connectivity index (χ4v) is 3.96. The number of ether oxygens (including phenoxy) is 1. The first-order valence-corrected chi connectivity index (χ1v) is 10.9. The van der Waals surface area contributed by atoms with E-state index in [2.05, 4.69) is 10.6 Å². The fourth-order valence-electron chi connectivity index (χ4n) is 3.73. The van der Waals surface area contributed by atoms with Crippen LogP contribution in [0.2, 0.25) is 0 Å². The third kappa shape index (κ3) is 6.39. The lowest BCUT2D eigenvalue weighted by Crippen LogP contribution is -2.42. The molecule has 0 aliphatic heterocycles. The van der Waals surface area contributed by atoms with Gasteiger partial charge in [-0.25, -0.2) is 0 Å². The predicted octanol–water partition coefficient (Wildman–Crippen LogP) is 4.66. The summed E-state index contributed by atoms with van der Waals surface area (Å²) in [4.78, 5) is 24.4. The van der Waals surface area contributed by atoms with E-state index in [-0.39, 0.29) is 22.8 Å². The van der Waals surface area contributed by atoms with Crippen LogP contribution >= 0.6 is 12.2 Å². The summed E-state index contributed by atoms with van der Waals surface area (Å²) in [5.74, 6) is 0.374. The van der Waals surface area contributed by atoms with Crippen molar-refractivity contribution in [1.29, 1.82) is 0 Å². The summed E-state index contributed by atoms with van der Waals surface area (Å²) in [5.41, 5.74) is 1.64. The molecule has 0 bridgehead atoms. The van der Waals surface area contributed by atoms with Gasteiger partial charge < -0.3 is 15.4 Å². The smallest absolute Gasteiger partial charge is 0.227 e. The molecule has 1 saturated carbocycles. The van der Waals surface area contributed by atoms with Crippen molar-refractivity contribution < 1.29 is 14.3 Å². The van der Waals surface area contributed by atoms with Crippen molar-refractivity contribution in [2.75, 3.05) is 5.32 Å². The molecule has 158 valence electrons. The van der Waals surface area contributed by atoms with Crippen LogP contribution in [-0.2, 0) is 16.0 Å². The largest absolute Gasteiger partial charge is 0.446 e. The lowest BCUT2D eigenvalue weighted by molar-refractivity contribution is -0.121. The number of anilines is 1. The van der Waals surface area contributed by atoms with Gasteiger partial charge in [0.1, 0.15) is 6.04 Å². The van der Waals surface area contributed by atoms with Crippen LogP contribution in [0, 0.1) is 5.92 Å². The molecule has 0 radical (unpaired) electrons. The highest BCUT2D eigenvalue weighted by Gasteiger charge is 2.23. The number of rotatable bonds is 7. The summed E-state index contributed by atoms with van der Waals surface area (Å²) >= 11 is 5.52. The van der Waals surface area contributed by atoms with Crippen LogP contribution in [0.15, 0.2) is 54.6 Å². The van der Waals surface area contributed by atoms with Crippen LogP contribution in [0.5, 0.6) is 5.75 Å². The monoisotopic (exact) mass is 424 g/mol. The molecule has 3 rings (SSSR count). The molecule has 5 nitrogen and oxygen atoms in total. The second kappa shape index (κ2) is 10.9. The van der Waals surface area contributed by atoms with E-state index >= 15 is 0 Å². The van der Waals surface area contributed by atoms with Crippen molar-refractivity contribution in [2.24, 2.45) is 5.92 Å². The first-order valence-electron chi connectivity index (χ1n) is 10.5. The standard InChI is InChI=1S/C24H28N2O3S/c1-17(27)25-21(16-18-10-4-2-5-11-18)24(30)29-22-15-9-8-14-20(22)26-23(28)19-12-6-3-7-13-19/h2,4-5,8-11,14-15,19,21H,3,6-7,12-13,16H2,1H3,(H,25,27)(H,26,28). The highest BCUT2D eigenvalue weighted by Crippen LogP contribution is 2.29. The number of hydrogen-bond donors (Lipinski definition) is 2. The summed E-state index contributed by atoms with van der Waals surface area (Å²) in [6.07, 6.45) is 5.76. The van der Waals surface area contributed by atoms with Crippen molar-refractivity contribution >= 4 is 34.8 Å². The maximum absolute atomic E-state index is 12.7. The Morgan fingerprint density at radius 1 is 1.03 bits per heavy atom. The maximum Gasteiger partial charge on any atom is 0.227 e. The van der Waals surface area contributed by atoms with Crippen LogP contribution < -0.4 is 15.4 Å². The molecule has 1 fully saturated rings. The Morgan fingerprint density at radius 2 is 1.70 bits per heavy atom. The molecular formula is C24H28N2O3S. The van der Waals surface area contributed by atoms with E-state index in [4.69, 9.17) is 17.0 Å². The first-order chi connectivity index (χ1) is 14.5. The van der Waals surface area contributed by atoms with E-state index in [0.29, 0.717) is 17.9 Å². The van der Waals surface area contributed by atoms with Crippen LogP contribution in [0.3, 0.4) is 0 Å². The molecule has 6 heteroatoms.